The average molecular weight is 765 g/mol. The van der Waals surface area contributed by atoms with Crippen LogP contribution in [0.4, 0.5) is 4.39 Å². The van der Waals surface area contributed by atoms with Crippen molar-refractivity contribution in [2.24, 2.45) is 0 Å². The second-order valence-corrected chi connectivity index (χ2v) is 11.4. The van der Waals surface area contributed by atoms with Gasteiger partial charge in [-0.05, 0) is 45.2 Å². The van der Waals surface area contributed by atoms with Crippen LogP contribution in [0.25, 0.3) is 0 Å². The van der Waals surface area contributed by atoms with Gasteiger partial charge in [-0.15, -0.1) is 0 Å². The Balaban J connectivity index is -0.000000422. The van der Waals surface area contributed by atoms with Gasteiger partial charge in [-0.25, -0.2) is 4.39 Å². The van der Waals surface area contributed by atoms with E-state index < -0.39 is 48.1 Å². The van der Waals surface area contributed by atoms with Crippen LogP contribution in [0.15, 0.2) is 36.4 Å². The molecule has 1 aromatic rings. The first-order valence-corrected chi connectivity index (χ1v) is 16.2. The fraction of sp³-hybridized carbons (Fsp3) is 0.721. The predicted molar refractivity (Wildman–Crippen MR) is 223 cm³/mol. The molecule has 318 valence electrons. The zero-order valence-corrected chi connectivity index (χ0v) is 27.7. The number of unbranched alkanes of at least 4 members (excludes halogenated alkanes) is 5. The minimum absolute atomic E-state index is 0. The number of hydrogen-bond donors (Lipinski definition) is 0. The number of ketones is 1. The molecule has 4 unspecified atom stereocenters. The molecular formula is C43H85FO9. The number of benzene rings is 1. The van der Waals surface area contributed by atoms with E-state index in [2.05, 4.69) is 13.0 Å². The van der Waals surface area contributed by atoms with E-state index >= 15 is 0 Å². The standard InChI is InChI=1S/C35H53FO9.8CH4/c1-6-8-10-11-12-13-14-18-30(20-26(3)37)44-35(40)23-31(17-9-7-2)45-33(38)21-27(4)43-34(39)24-32(41-5)25-42-29-19-15-16-28(36)22-29;;;;;;;;/h13-16,19,22,27,30-32H,6-12,17-18,20-21,23-25H2,1-5H3;8*1H4. The molecule has 0 N–H and O–H groups in total. The Labute approximate surface area is 327 Å². The van der Waals surface area contributed by atoms with Crippen LogP contribution in [0.1, 0.15) is 171 Å². The molecular weight excluding hydrogens is 679 g/mol. The van der Waals surface area contributed by atoms with Crippen LogP contribution < -0.4 is 4.74 Å². The third kappa shape index (κ3) is 35.5. The molecule has 10 heteroatoms. The molecule has 0 bridgehead atoms. The summed E-state index contributed by atoms with van der Waals surface area (Å²) in [7, 11) is 1.42. The molecule has 53 heavy (non-hydrogen) atoms. The van der Waals surface area contributed by atoms with Gasteiger partial charge < -0.3 is 23.7 Å². The molecule has 0 fully saturated rings. The van der Waals surface area contributed by atoms with Gasteiger partial charge in [-0.1, -0.05) is 124 Å². The van der Waals surface area contributed by atoms with Crippen molar-refractivity contribution in [1.82, 2.24) is 0 Å². The van der Waals surface area contributed by atoms with Gasteiger partial charge in [0.1, 0.15) is 48.4 Å². The normalized spacial score (nSPS) is 11.8. The van der Waals surface area contributed by atoms with Crippen molar-refractivity contribution in [3.8, 4) is 5.75 Å². The van der Waals surface area contributed by atoms with Gasteiger partial charge in [0.2, 0.25) is 0 Å². The maximum Gasteiger partial charge on any atom is 0.309 e. The smallest absolute Gasteiger partial charge is 0.309 e. The van der Waals surface area contributed by atoms with Gasteiger partial charge in [-0.3, -0.25) is 19.2 Å². The first-order valence-electron chi connectivity index (χ1n) is 16.2. The van der Waals surface area contributed by atoms with Crippen LogP contribution in [0.2, 0.25) is 0 Å². The Morgan fingerprint density at radius 3 is 1.83 bits per heavy atom. The van der Waals surface area contributed by atoms with Crippen molar-refractivity contribution in [2.75, 3.05) is 13.7 Å². The molecule has 0 saturated heterocycles. The monoisotopic (exact) mass is 765 g/mol. The zero-order chi connectivity index (χ0) is 33.5. The van der Waals surface area contributed by atoms with E-state index in [0.717, 1.165) is 25.7 Å². The van der Waals surface area contributed by atoms with Crippen molar-refractivity contribution in [1.29, 1.82) is 0 Å². The minimum atomic E-state index is -0.779. The fourth-order valence-corrected chi connectivity index (χ4v) is 4.53. The molecule has 0 aromatic heterocycles. The third-order valence-electron chi connectivity index (χ3n) is 6.92. The van der Waals surface area contributed by atoms with Gasteiger partial charge in [-0.2, -0.15) is 0 Å². The molecule has 0 aliphatic rings. The van der Waals surface area contributed by atoms with E-state index in [1.807, 2.05) is 13.0 Å². The van der Waals surface area contributed by atoms with Gasteiger partial charge in [0, 0.05) is 26.0 Å². The summed E-state index contributed by atoms with van der Waals surface area (Å²) in [6.07, 6.45) is 9.10. The van der Waals surface area contributed by atoms with Crippen molar-refractivity contribution < 1.29 is 47.3 Å². The van der Waals surface area contributed by atoms with Crippen LogP contribution in [0, 0.1) is 5.82 Å². The number of rotatable bonds is 25. The molecule has 0 spiro atoms. The molecule has 4 atom stereocenters. The number of carbonyl (C=O) groups excluding carboxylic acids is 4. The Bertz CT molecular complexity index is 1040. The van der Waals surface area contributed by atoms with E-state index in [-0.39, 0.29) is 97.5 Å². The predicted octanol–water partition coefficient (Wildman–Crippen LogP) is 12.3. The van der Waals surface area contributed by atoms with Crippen LogP contribution >= 0.6 is 0 Å². The first-order chi connectivity index (χ1) is 21.6. The Kier molecular flexibility index (Phi) is 53.1. The Morgan fingerprint density at radius 2 is 1.26 bits per heavy atom. The second kappa shape index (κ2) is 41.5. The maximum absolute atomic E-state index is 13.4. The van der Waals surface area contributed by atoms with Gasteiger partial charge in [0.05, 0.1) is 19.3 Å². The number of ether oxygens (including phenoxy) is 5. The lowest BCUT2D eigenvalue weighted by Crippen LogP contribution is -2.29. The zero-order valence-electron chi connectivity index (χ0n) is 27.7. The Hall–Kier alpha value is -3.27. The quantitative estimate of drug-likeness (QED) is 0.0415. The summed E-state index contributed by atoms with van der Waals surface area (Å²) < 4.78 is 40.7. The van der Waals surface area contributed by atoms with Crippen LogP contribution in [-0.2, 0) is 38.1 Å². The van der Waals surface area contributed by atoms with E-state index in [1.165, 1.54) is 51.5 Å². The fourth-order valence-electron chi connectivity index (χ4n) is 4.53. The minimum Gasteiger partial charge on any atom is -0.491 e. The summed E-state index contributed by atoms with van der Waals surface area (Å²) in [6, 6.07) is 5.63. The summed E-state index contributed by atoms with van der Waals surface area (Å²) in [5.74, 6) is -1.93. The lowest BCUT2D eigenvalue weighted by molar-refractivity contribution is -0.161. The molecule has 0 amide bonds. The van der Waals surface area contributed by atoms with Gasteiger partial charge in [0.15, 0.2) is 0 Å². The van der Waals surface area contributed by atoms with E-state index in [1.54, 1.807) is 13.0 Å². The average Bonchev–Trinajstić information content (AvgIpc) is 2.96. The molecule has 0 saturated carbocycles. The summed E-state index contributed by atoms with van der Waals surface area (Å²) >= 11 is 0. The molecule has 9 nitrogen and oxygen atoms in total. The number of allylic oxidation sites excluding steroid dienone is 1. The number of Topliss-reactive ketones (excluding diaryl/α,β-unsaturated/α-hetero) is 1. The number of methoxy groups -OCH3 is 1. The maximum atomic E-state index is 13.4. The van der Waals surface area contributed by atoms with Crippen molar-refractivity contribution >= 4 is 23.7 Å². The highest BCUT2D eigenvalue weighted by Gasteiger charge is 2.25. The molecule has 1 aromatic carbocycles. The molecule has 0 heterocycles. The summed E-state index contributed by atoms with van der Waals surface area (Å²) in [6.45, 7) is 7.20. The lowest BCUT2D eigenvalue weighted by atomic mass is 10.1. The van der Waals surface area contributed by atoms with E-state index in [9.17, 15) is 23.6 Å². The first kappa shape index (κ1) is 67.8. The van der Waals surface area contributed by atoms with Gasteiger partial charge in [0.25, 0.3) is 0 Å². The number of halogens is 1. The van der Waals surface area contributed by atoms with Crippen molar-refractivity contribution in [3.63, 3.8) is 0 Å². The topological polar surface area (TPSA) is 114 Å². The largest absolute Gasteiger partial charge is 0.491 e. The summed E-state index contributed by atoms with van der Waals surface area (Å²) in [5, 5.41) is 0. The number of esters is 3. The van der Waals surface area contributed by atoms with Crippen LogP contribution in [0.3, 0.4) is 0 Å². The highest BCUT2D eigenvalue weighted by molar-refractivity contribution is 5.77. The summed E-state index contributed by atoms with van der Waals surface area (Å²) in [5.41, 5.74) is 0. The highest BCUT2D eigenvalue weighted by Crippen LogP contribution is 2.17. The van der Waals surface area contributed by atoms with Crippen molar-refractivity contribution in [3.05, 3.63) is 42.2 Å². The molecule has 0 aliphatic carbocycles. The Morgan fingerprint density at radius 1 is 0.698 bits per heavy atom. The molecule has 0 radical (unpaired) electrons. The molecule has 1 rings (SSSR count). The van der Waals surface area contributed by atoms with Crippen molar-refractivity contribution in [2.45, 2.75) is 195 Å². The van der Waals surface area contributed by atoms with Crippen LogP contribution in [0.5, 0.6) is 5.75 Å². The lowest BCUT2D eigenvalue weighted by Gasteiger charge is -2.21. The van der Waals surface area contributed by atoms with Gasteiger partial charge >= 0.3 is 17.9 Å². The van der Waals surface area contributed by atoms with E-state index in [4.69, 9.17) is 23.7 Å². The number of hydrogen-bond acceptors (Lipinski definition) is 9. The summed E-state index contributed by atoms with van der Waals surface area (Å²) in [4.78, 5) is 49.7. The number of carbonyl (C=O) groups is 4. The third-order valence-corrected chi connectivity index (χ3v) is 6.92. The van der Waals surface area contributed by atoms with E-state index in [0.29, 0.717) is 18.6 Å². The van der Waals surface area contributed by atoms with Crippen LogP contribution in [-0.4, -0.2) is 61.8 Å². The highest BCUT2D eigenvalue weighted by atomic mass is 19.1. The SMILES string of the molecule is C.C.C.C.C.C.C.C.CCCCCCC=CCC(CC(C)=O)OC(=O)CC(CCCC)OC(=O)CC(C)OC(=O)CC(COc1cccc(F)c1)OC. The second-order valence-electron chi connectivity index (χ2n) is 11.4. The molecule has 0 aliphatic heterocycles.